The van der Waals surface area contributed by atoms with Crippen LogP contribution in [-0.2, 0) is 15.3 Å². The van der Waals surface area contributed by atoms with Gasteiger partial charge in [-0.3, -0.25) is 0 Å². The van der Waals surface area contributed by atoms with Crippen molar-refractivity contribution in [1.29, 1.82) is 0 Å². The van der Waals surface area contributed by atoms with E-state index in [1.54, 1.807) is 13.0 Å². The van der Waals surface area contributed by atoms with Gasteiger partial charge in [0.2, 0.25) is 0 Å². The molecular weight excluding hydrogens is 423 g/mol. The molecule has 0 aliphatic carbocycles. The number of aliphatic imine (C=N–C) groups is 1. The summed E-state index contributed by atoms with van der Waals surface area (Å²) in [5.41, 5.74) is 3.77. The summed E-state index contributed by atoms with van der Waals surface area (Å²) >= 11 is 1.47. The summed E-state index contributed by atoms with van der Waals surface area (Å²) in [6.45, 7) is 2.06. The number of carbonyl (C=O) groups excluding carboxylic acids is 1. The van der Waals surface area contributed by atoms with Gasteiger partial charge < -0.3 is 10.1 Å². The first kappa shape index (κ1) is 21.8. The zero-order valence-corrected chi connectivity index (χ0v) is 18.4. The summed E-state index contributed by atoms with van der Waals surface area (Å²) in [7, 11) is 0. The number of nitrogens with zero attached hydrogens (tertiary/aromatic N) is 1. The largest absolute Gasteiger partial charge is 0.463 e. The van der Waals surface area contributed by atoms with Crippen molar-refractivity contribution in [2.24, 2.45) is 4.99 Å². The van der Waals surface area contributed by atoms with Crippen molar-refractivity contribution in [3.05, 3.63) is 113 Å². The van der Waals surface area contributed by atoms with Gasteiger partial charge in [-0.15, -0.1) is 0 Å². The van der Waals surface area contributed by atoms with Crippen LogP contribution in [0.1, 0.15) is 29.7 Å². The molecule has 0 unspecified atom stereocenters. The summed E-state index contributed by atoms with van der Waals surface area (Å²) in [6.07, 6.45) is 0. The monoisotopic (exact) mass is 446 g/mol. The molecule has 0 saturated heterocycles. The number of halogens is 1. The fourth-order valence-electron chi connectivity index (χ4n) is 3.51. The molecule has 1 N–H and O–H groups in total. The van der Waals surface area contributed by atoms with Crippen LogP contribution < -0.4 is 5.32 Å². The van der Waals surface area contributed by atoms with E-state index in [4.69, 9.17) is 9.73 Å². The number of amidine groups is 1. The number of hydrogen-bond acceptors (Lipinski definition) is 5. The van der Waals surface area contributed by atoms with E-state index in [1.807, 2.05) is 66.7 Å². The molecule has 6 heteroatoms. The van der Waals surface area contributed by atoms with Crippen molar-refractivity contribution in [1.82, 2.24) is 5.32 Å². The summed E-state index contributed by atoms with van der Waals surface area (Å²) in [5, 5.41) is 4.00. The Morgan fingerprint density at radius 1 is 1.03 bits per heavy atom. The summed E-state index contributed by atoms with van der Waals surface area (Å²) in [6, 6.07) is 25.4. The number of ether oxygens (including phenoxy) is 1. The molecular formula is C26H23FN2O2S. The Labute approximate surface area is 191 Å². The lowest BCUT2D eigenvalue weighted by atomic mass is 9.94. The lowest BCUT2D eigenvalue weighted by Crippen LogP contribution is -2.31. The van der Waals surface area contributed by atoms with Crippen LogP contribution in [0, 0.1) is 5.82 Å². The maximum atomic E-state index is 13.6. The summed E-state index contributed by atoms with van der Waals surface area (Å²) in [5.74, 6) is -0.119. The minimum atomic E-state index is -0.512. The number of esters is 1. The van der Waals surface area contributed by atoms with Crippen LogP contribution in [0.4, 0.5) is 4.39 Å². The van der Waals surface area contributed by atoms with Gasteiger partial charge in [0.15, 0.2) is 5.17 Å². The molecule has 0 fully saturated rings. The molecule has 1 heterocycles. The van der Waals surface area contributed by atoms with E-state index in [9.17, 15) is 9.18 Å². The molecule has 1 aliphatic rings. The Morgan fingerprint density at radius 2 is 1.75 bits per heavy atom. The van der Waals surface area contributed by atoms with Crippen LogP contribution in [0.5, 0.6) is 0 Å². The minimum absolute atomic E-state index is 0.265. The first-order valence-electron chi connectivity index (χ1n) is 10.4. The lowest BCUT2D eigenvalue weighted by Gasteiger charge is -2.27. The van der Waals surface area contributed by atoms with Gasteiger partial charge in [0.05, 0.1) is 17.9 Å². The number of benzene rings is 3. The van der Waals surface area contributed by atoms with E-state index in [1.165, 1.54) is 23.9 Å². The molecule has 3 aromatic rings. The second-order valence-corrected chi connectivity index (χ2v) is 8.13. The van der Waals surface area contributed by atoms with Crippen LogP contribution >= 0.6 is 11.8 Å². The molecule has 1 aliphatic heterocycles. The number of carbonyl (C=O) groups is 1. The maximum Gasteiger partial charge on any atom is 0.338 e. The Kier molecular flexibility index (Phi) is 7.02. The summed E-state index contributed by atoms with van der Waals surface area (Å²) < 4.78 is 19.0. The highest BCUT2D eigenvalue weighted by molar-refractivity contribution is 8.13. The van der Waals surface area contributed by atoms with Gasteiger partial charge >= 0.3 is 5.97 Å². The number of thioether (sulfide) groups is 1. The van der Waals surface area contributed by atoms with Gasteiger partial charge in [-0.25, -0.2) is 14.2 Å². The van der Waals surface area contributed by atoms with Crippen molar-refractivity contribution < 1.29 is 13.9 Å². The van der Waals surface area contributed by atoms with Crippen LogP contribution in [0.3, 0.4) is 0 Å². The molecule has 0 amide bonds. The van der Waals surface area contributed by atoms with Crippen molar-refractivity contribution in [3.8, 4) is 0 Å². The van der Waals surface area contributed by atoms with E-state index in [0.717, 1.165) is 16.7 Å². The quantitative estimate of drug-likeness (QED) is 0.491. The zero-order chi connectivity index (χ0) is 22.3. The third kappa shape index (κ3) is 5.08. The average molecular weight is 447 g/mol. The molecule has 3 aromatic carbocycles. The van der Waals surface area contributed by atoms with Crippen LogP contribution in [0.25, 0.3) is 5.70 Å². The predicted molar refractivity (Wildman–Crippen MR) is 127 cm³/mol. The van der Waals surface area contributed by atoms with Crippen molar-refractivity contribution in [2.75, 3.05) is 6.61 Å². The first-order chi connectivity index (χ1) is 15.7. The normalized spacial score (nSPS) is 15.7. The molecule has 0 radical (unpaired) electrons. The highest BCUT2D eigenvalue weighted by Gasteiger charge is 2.32. The second-order valence-electron chi connectivity index (χ2n) is 7.17. The van der Waals surface area contributed by atoms with Crippen molar-refractivity contribution >= 4 is 28.6 Å². The average Bonchev–Trinajstić information content (AvgIpc) is 2.83. The third-order valence-corrected chi connectivity index (χ3v) is 5.92. The predicted octanol–water partition coefficient (Wildman–Crippen LogP) is 5.73. The molecule has 0 spiro atoms. The van der Waals surface area contributed by atoms with Crippen molar-refractivity contribution in [3.63, 3.8) is 0 Å². The third-order valence-electron chi connectivity index (χ3n) is 4.96. The van der Waals surface area contributed by atoms with E-state index < -0.39 is 12.0 Å². The molecule has 32 heavy (non-hydrogen) atoms. The summed E-state index contributed by atoms with van der Waals surface area (Å²) in [4.78, 5) is 17.9. The second kappa shape index (κ2) is 10.3. The van der Waals surface area contributed by atoms with E-state index in [0.29, 0.717) is 22.2 Å². The van der Waals surface area contributed by atoms with Gasteiger partial charge in [0.25, 0.3) is 0 Å². The highest BCUT2D eigenvalue weighted by Crippen LogP contribution is 2.36. The van der Waals surface area contributed by atoms with E-state index >= 15 is 0 Å². The lowest BCUT2D eigenvalue weighted by molar-refractivity contribution is -0.138. The van der Waals surface area contributed by atoms with Crippen molar-refractivity contribution in [2.45, 2.75) is 18.7 Å². The zero-order valence-electron chi connectivity index (χ0n) is 17.6. The fraction of sp³-hybridized carbons (Fsp3) is 0.154. The highest BCUT2D eigenvalue weighted by atomic mass is 32.2. The van der Waals surface area contributed by atoms with Gasteiger partial charge in [0.1, 0.15) is 11.9 Å². The Balaban J connectivity index is 1.75. The maximum absolute atomic E-state index is 13.6. The van der Waals surface area contributed by atoms with Crippen LogP contribution in [0.2, 0.25) is 0 Å². The van der Waals surface area contributed by atoms with Gasteiger partial charge in [0, 0.05) is 5.75 Å². The molecule has 1 atom stereocenters. The van der Waals surface area contributed by atoms with E-state index in [-0.39, 0.29) is 12.4 Å². The molecule has 0 aromatic heterocycles. The molecule has 4 nitrogen and oxygen atoms in total. The Morgan fingerprint density at radius 3 is 2.44 bits per heavy atom. The first-order valence-corrected chi connectivity index (χ1v) is 11.4. The SMILES string of the molecule is CCOC(=O)C1=C(c2ccccc2)NC(SCc2cccc(F)c2)=N[C@@H]1c1ccccc1. The Bertz CT molecular complexity index is 1150. The number of hydrogen-bond donors (Lipinski definition) is 1. The molecule has 0 bridgehead atoms. The minimum Gasteiger partial charge on any atom is -0.463 e. The van der Waals surface area contributed by atoms with Crippen LogP contribution in [0.15, 0.2) is 95.5 Å². The number of rotatable bonds is 6. The van der Waals surface area contributed by atoms with E-state index in [2.05, 4.69) is 5.32 Å². The standard InChI is InChI=1S/C26H23FN2O2S/c1-2-31-25(30)22-23(19-11-5-3-6-12-19)28-26(29-24(22)20-13-7-4-8-14-20)32-17-18-10-9-15-21(27)16-18/h3-16,23H,2,17H2,1H3,(H,28,29)/t23-/m1/s1. The van der Waals surface area contributed by atoms with Gasteiger partial charge in [-0.2, -0.15) is 0 Å². The molecule has 4 rings (SSSR count). The van der Waals surface area contributed by atoms with Gasteiger partial charge in [-0.05, 0) is 35.7 Å². The molecule has 162 valence electrons. The Hall–Kier alpha value is -3.38. The van der Waals surface area contributed by atoms with Gasteiger partial charge in [-0.1, -0.05) is 84.6 Å². The van der Waals surface area contributed by atoms with Crippen LogP contribution in [-0.4, -0.2) is 17.7 Å². The topological polar surface area (TPSA) is 50.7 Å². The fourth-order valence-corrected chi connectivity index (χ4v) is 4.35. The molecule has 0 saturated carbocycles. The smallest absolute Gasteiger partial charge is 0.338 e. The number of nitrogens with one attached hydrogen (secondary N) is 1.